The normalized spacial score (nSPS) is 13.1. The predicted molar refractivity (Wildman–Crippen MR) is 247 cm³/mol. The van der Waals surface area contributed by atoms with Gasteiger partial charge in [0.15, 0.2) is 0 Å². The number of hydrogen-bond acceptors (Lipinski definition) is 3. The standard InChI is InChI=1S/C55H37NOS/c1-55(2)47-24-12-11-20-39(47)40-29-28-37(32-48(40)55)56(36-17-7-4-8-18-36)49-25-14-26-50-52(49)46-33-44(38-19-9-10-21-41(38)53(46)57-50)42-22-13-23-43-45-31-35(34-15-5-3-6-16-34)27-30-51(45)58-54(42)43/h3-33H,1-2H3. The summed E-state index contributed by atoms with van der Waals surface area (Å²) in [7, 11) is 0. The first-order valence-electron chi connectivity index (χ1n) is 20.0. The molecule has 1 aliphatic carbocycles. The molecule has 1 aliphatic rings. The fraction of sp³-hybridized carbons (Fsp3) is 0.0545. The number of anilines is 3. The smallest absolute Gasteiger partial charge is 0.143 e. The maximum Gasteiger partial charge on any atom is 0.143 e. The third-order valence-electron chi connectivity index (χ3n) is 12.5. The molecule has 0 atom stereocenters. The van der Waals surface area contributed by atoms with E-state index in [9.17, 15) is 0 Å². The zero-order valence-electron chi connectivity index (χ0n) is 32.2. The summed E-state index contributed by atoms with van der Waals surface area (Å²) in [5.74, 6) is 0. The Bertz CT molecular complexity index is 3430. The highest BCUT2D eigenvalue weighted by molar-refractivity contribution is 7.26. The molecule has 0 spiro atoms. The summed E-state index contributed by atoms with van der Waals surface area (Å²) in [5, 5.41) is 7.10. The topological polar surface area (TPSA) is 16.4 Å². The molecule has 0 bridgehead atoms. The average Bonchev–Trinajstić information content (AvgIpc) is 3.92. The Hall–Kier alpha value is -6.94. The number of benzene rings is 9. The number of furan rings is 1. The minimum absolute atomic E-state index is 0.122. The molecule has 2 nitrogen and oxygen atoms in total. The fourth-order valence-corrected chi connectivity index (χ4v) is 10.9. The SMILES string of the molecule is CC1(C)c2ccccc2-c2ccc(N(c3ccccc3)c3cccc4oc5c6ccccc6c(-c6cccc7c6sc6ccc(-c8ccccc8)cc67)cc5c34)cc21. The van der Waals surface area contributed by atoms with Crippen LogP contribution in [-0.2, 0) is 5.41 Å². The number of para-hydroxylation sites is 1. The van der Waals surface area contributed by atoms with Crippen LogP contribution in [0.15, 0.2) is 192 Å². The second-order valence-corrected chi connectivity index (χ2v) is 17.1. The van der Waals surface area contributed by atoms with E-state index in [-0.39, 0.29) is 5.41 Å². The van der Waals surface area contributed by atoms with Crippen LogP contribution in [0.1, 0.15) is 25.0 Å². The Kier molecular flexibility index (Phi) is 7.18. The van der Waals surface area contributed by atoms with Gasteiger partial charge in [0.25, 0.3) is 0 Å². The van der Waals surface area contributed by atoms with Crippen molar-refractivity contribution in [2.24, 2.45) is 0 Å². The van der Waals surface area contributed by atoms with E-state index in [0.717, 1.165) is 44.4 Å². The lowest BCUT2D eigenvalue weighted by Gasteiger charge is -2.28. The van der Waals surface area contributed by atoms with Crippen LogP contribution in [0.5, 0.6) is 0 Å². The Morgan fingerprint density at radius 2 is 1.16 bits per heavy atom. The highest BCUT2D eigenvalue weighted by atomic mass is 32.1. The van der Waals surface area contributed by atoms with Crippen molar-refractivity contribution >= 4 is 81.3 Å². The van der Waals surface area contributed by atoms with Crippen LogP contribution in [0, 0.1) is 0 Å². The van der Waals surface area contributed by atoms with E-state index in [1.165, 1.54) is 70.1 Å². The Morgan fingerprint density at radius 3 is 2.02 bits per heavy atom. The first kappa shape index (κ1) is 33.2. The molecule has 0 saturated heterocycles. The maximum absolute atomic E-state index is 6.94. The van der Waals surface area contributed by atoms with Crippen LogP contribution in [0.3, 0.4) is 0 Å². The third kappa shape index (κ3) is 4.84. The fourth-order valence-electron chi connectivity index (χ4n) is 9.70. The van der Waals surface area contributed by atoms with Gasteiger partial charge in [0.1, 0.15) is 11.2 Å². The van der Waals surface area contributed by atoms with E-state index >= 15 is 0 Å². The highest BCUT2D eigenvalue weighted by Crippen LogP contribution is 2.52. The van der Waals surface area contributed by atoms with Crippen LogP contribution in [0.2, 0.25) is 0 Å². The van der Waals surface area contributed by atoms with Gasteiger partial charge in [-0.15, -0.1) is 11.3 Å². The van der Waals surface area contributed by atoms with E-state index < -0.39 is 0 Å². The summed E-state index contributed by atoms with van der Waals surface area (Å²) in [6, 6.07) is 68.7. The second-order valence-electron chi connectivity index (χ2n) is 16.0. The molecule has 0 N–H and O–H groups in total. The van der Waals surface area contributed by atoms with E-state index in [0.29, 0.717) is 0 Å². The predicted octanol–water partition coefficient (Wildman–Crippen LogP) is 16.2. The zero-order valence-corrected chi connectivity index (χ0v) is 33.0. The van der Waals surface area contributed by atoms with Gasteiger partial charge in [0, 0.05) is 53.3 Å². The number of rotatable bonds is 5. The first-order valence-corrected chi connectivity index (χ1v) is 20.8. The number of thiophene rings is 1. The lowest BCUT2D eigenvalue weighted by atomic mass is 9.82. The van der Waals surface area contributed by atoms with Gasteiger partial charge in [-0.2, -0.15) is 0 Å². The van der Waals surface area contributed by atoms with Crippen LogP contribution in [0.4, 0.5) is 17.1 Å². The van der Waals surface area contributed by atoms with Crippen LogP contribution in [0.25, 0.3) is 86.3 Å². The molecule has 0 fully saturated rings. The third-order valence-corrected chi connectivity index (χ3v) is 13.7. The molecule has 0 aliphatic heterocycles. The lowest BCUT2D eigenvalue weighted by Crippen LogP contribution is -2.16. The minimum Gasteiger partial charge on any atom is -0.455 e. The monoisotopic (exact) mass is 759 g/mol. The maximum atomic E-state index is 6.94. The van der Waals surface area contributed by atoms with Crippen molar-refractivity contribution in [1.82, 2.24) is 0 Å². The summed E-state index contributed by atoms with van der Waals surface area (Å²) in [5.41, 5.74) is 15.3. The Morgan fingerprint density at radius 1 is 0.448 bits per heavy atom. The van der Waals surface area contributed by atoms with Gasteiger partial charge in [-0.3, -0.25) is 0 Å². The van der Waals surface area contributed by atoms with Crippen molar-refractivity contribution in [2.75, 3.05) is 4.90 Å². The van der Waals surface area contributed by atoms with Gasteiger partial charge in [-0.05, 0) is 98.9 Å². The zero-order chi connectivity index (χ0) is 38.5. The van der Waals surface area contributed by atoms with E-state index in [4.69, 9.17) is 4.42 Å². The van der Waals surface area contributed by atoms with Gasteiger partial charge in [-0.1, -0.05) is 147 Å². The van der Waals surface area contributed by atoms with Crippen molar-refractivity contribution in [2.45, 2.75) is 19.3 Å². The van der Waals surface area contributed by atoms with E-state index in [2.05, 4.69) is 207 Å². The Balaban J connectivity index is 1.10. The molecule has 9 aromatic carbocycles. The van der Waals surface area contributed by atoms with Crippen molar-refractivity contribution < 1.29 is 4.42 Å². The molecular formula is C55H37NOS. The number of nitrogens with zero attached hydrogens (tertiary/aromatic N) is 1. The van der Waals surface area contributed by atoms with E-state index in [1.54, 1.807) is 0 Å². The summed E-state index contributed by atoms with van der Waals surface area (Å²) in [6.07, 6.45) is 0. The van der Waals surface area contributed by atoms with Crippen LogP contribution in [-0.4, -0.2) is 0 Å². The minimum atomic E-state index is -0.122. The van der Waals surface area contributed by atoms with Gasteiger partial charge in [-0.25, -0.2) is 0 Å². The summed E-state index contributed by atoms with van der Waals surface area (Å²) < 4.78 is 9.53. The van der Waals surface area contributed by atoms with Crippen molar-refractivity contribution in [3.63, 3.8) is 0 Å². The quantitative estimate of drug-likeness (QED) is 0.174. The molecule has 3 heteroatoms. The first-order chi connectivity index (χ1) is 28.5. The molecule has 0 radical (unpaired) electrons. The van der Waals surface area contributed by atoms with Gasteiger partial charge in [0.05, 0.1) is 11.1 Å². The largest absolute Gasteiger partial charge is 0.455 e. The van der Waals surface area contributed by atoms with E-state index in [1.807, 2.05) is 11.3 Å². The van der Waals surface area contributed by atoms with Crippen LogP contribution >= 0.6 is 11.3 Å². The molecule has 0 unspecified atom stereocenters. The van der Waals surface area contributed by atoms with Gasteiger partial charge in [0.2, 0.25) is 0 Å². The molecule has 12 rings (SSSR count). The molecule has 2 aromatic heterocycles. The van der Waals surface area contributed by atoms with Crippen molar-refractivity contribution in [3.8, 4) is 33.4 Å². The van der Waals surface area contributed by atoms with Gasteiger partial charge < -0.3 is 9.32 Å². The summed E-state index contributed by atoms with van der Waals surface area (Å²) in [6.45, 7) is 4.70. The van der Waals surface area contributed by atoms with Crippen molar-refractivity contribution in [1.29, 1.82) is 0 Å². The number of hydrogen-bond donors (Lipinski definition) is 0. The number of fused-ring (bicyclic) bond motifs is 11. The Labute approximate surface area is 340 Å². The molecule has 274 valence electrons. The summed E-state index contributed by atoms with van der Waals surface area (Å²) in [4.78, 5) is 2.42. The highest BCUT2D eigenvalue weighted by Gasteiger charge is 2.36. The van der Waals surface area contributed by atoms with Crippen LogP contribution < -0.4 is 4.90 Å². The second kappa shape index (κ2) is 12.5. The summed E-state index contributed by atoms with van der Waals surface area (Å²) >= 11 is 1.88. The molecule has 58 heavy (non-hydrogen) atoms. The van der Waals surface area contributed by atoms with Gasteiger partial charge >= 0.3 is 0 Å². The molecule has 0 saturated carbocycles. The lowest BCUT2D eigenvalue weighted by molar-refractivity contribution is 0.660. The molecule has 0 amide bonds. The molecule has 11 aromatic rings. The molecular weight excluding hydrogens is 723 g/mol. The van der Waals surface area contributed by atoms with Crippen molar-refractivity contribution in [3.05, 3.63) is 199 Å². The average molecular weight is 760 g/mol. The molecule has 2 heterocycles.